The highest BCUT2D eigenvalue weighted by atomic mass is 13.9. The Morgan fingerprint density at radius 3 is 1.25 bits per heavy atom. The van der Waals surface area contributed by atoms with Crippen molar-refractivity contribution in [3.05, 3.63) is 23.3 Å². The molecule has 0 unspecified atom stereocenters. The first-order chi connectivity index (χ1) is 3.72. The Morgan fingerprint density at radius 1 is 0.875 bits per heavy atom. The van der Waals surface area contributed by atoms with Gasteiger partial charge in [0.15, 0.2) is 0 Å². The van der Waals surface area contributed by atoms with Crippen LogP contribution < -0.4 is 0 Å². The summed E-state index contributed by atoms with van der Waals surface area (Å²) in [5, 5.41) is 0. The van der Waals surface area contributed by atoms with Crippen LogP contribution in [0.3, 0.4) is 0 Å². The first kappa shape index (κ1) is 7.48. The van der Waals surface area contributed by atoms with Crippen LogP contribution in [0.25, 0.3) is 0 Å². The average Bonchev–Trinajstić information content (AvgIpc) is 1.84. The summed E-state index contributed by atoms with van der Waals surface area (Å²) in [6, 6.07) is 0. The van der Waals surface area contributed by atoms with Crippen LogP contribution in [0.15, 0.2) is 23.3 Å². The van der Waals surface area contributed by atoms with Gasteiger partial charge in [-0.15, -0.1) is 0 Å². The minimum absolute atomic E-state index is 1.37. The first-order valence-corrected chi connectivity index (χ1v) is 2.98. The quantitative estimate of drug-likeness (QED) is 0.455. The highest BCUT2D eigenvalue weighted by molar-refractivity contribution is 5.25. The lowest BCUT2D eigenvalue weighted by Crippen LogP contribution is -1.74. The molecule has 0 spiro atoms. The number of rotatable bonds is 1. The fraction of sp³-hybridized carbons (Fsp3) is 0.500. The second-order valence-electron chi connectivity index (χ2n) is 1.94. The summed E-state index contributed by atoms with van der Waals surface area (Å²) in [6.07, 6.45) is 4.24. The van der Waals surface area contributed by atoms with Gasteiger partial charge in [-0.1, -0.05) is 23.3 Å². The van der Waals surface area contributed by atoms with Gasteiger partial charge >= 0.3 is 0 Å². The normalized spacial score (nSPS) is 14.5. The molecule has 0 aliphatic carbocycles. The molecule has 0 N–H and O–H groups in total. The van der Waals surface area contributed by atoms with Crippen molar-refractivity contribution >= 4 is 0 Å². The molecule has 0 aromatic heterocycles. The summed E-state index contributed by atoms with van der Waals surface area (Å²) in [4.78, 5) is 0. The van der Waals surface area contributed by atoms with Crippen LogP contribution in [0, 0.1) is 0 Å². The zero-order valence-electron chi connectivity index (χ0n) is 6.15. The Bertz CT molecular complexity index is 100. The number of allylic oxidation sites excluding steroid dienone is 4. The zero-order valence-corrected chi connectivity index (χ0v) is 6.15. The molecule has 0 nitrogen and oxygen atoms in total. The Hall–Kier alpha value is -0.520. The van der Waals surface area contributed by atoms with Gasteiger partial charge in [0.05, 0.1) is 0 Å². The Labute approximate surface area is 51.9 Å². The van der Waals surface area contributed by atoms with Gasteiger partial charge in [0.2, 0.25) is 0 Å². The molecule has 0 amide bonds. The van der Waals surface area contributed by atoms with E-state index in [1.807, 2.05) is 0 Å². The topological polar surface area (TPSA) is 0 Å². The Morgan fingerprint density at radius 2 is 1.12 bits per heavy atom. The van der Waals surface area contributed by atoms with E-state index in [4.69, 9.17) is 0 Å². The van der Waals surface area contributed by atoms with Gasteiger partial charge in [0, 0.05) is 0 Å². The molecule has 8 heavy (non-hydrogen) atoms. The van der Waals surface area contributed by atoms with Gasteiger partial charge in [-0.3, -0.25) is 0 Å². The molecule has 0 aliphatic rings. The van der Waals surface area contributed by atoms with E-state index in [2.05, 4.69) is 39.8 Å². The molecule has 0 saturated carbocycles. The van der Waals surface area contributed by atoms with Crippen molar-refractivity contribution < 1.29 is 0 Å². The average molecular weight is 110 g/mol. The highest BCUT2D eigenvalue weighted by Gasteiger charge is 1.84. The smallest absolute Gasteiger partial charge is 0.0399 e. The Balaban J connectivity index is 4.04. The molecule has 0 saturated heterocycles. The fourth-order valence-electron chi connectivity index (χ4n) is 0.455. The largest absolute Gasteiger partial charge is 0.0845 e. The lowest BCUT2D eigenvalue weighted by atomic mass is 10.1. The van der Waals surface area contributed by atoms with Crippen molar-refractivity contribution in [2.75, 3.05) is 0 Å². The SMILES string of the molecule is CC=C(C)/C(C)=C/C. The van der Waals surface area contributed by atoms with Gasteiger partial charge in [-0.05, 0) is 27.7 Å². The standard InChI is InChI=1S/C8H14/c1-5-7(3)8(4)6-2/h5-6H,1-4H3/b7-5+,8-6?. The molecule has 0 rings (SSSR count). The van der Waals surface area contributed by atoms with Crippen LogP contribution in [-0.4, -0.2) is 0 Å². The predicted octanol–water partition coefficient (Wildman–Crippen LogP) is 2.92. The summed E-state index contributed by atoms with van der Waals surface area (Å²) in [7, 11) is 0. The molecule has 0 heteroatoms. The minimum Gasteiger partial charge on any atom is -0.0845 e. The van der Waals surface area contributed by atoms with E-state index in [1.165, 1.54) is 11.1 Å². The van der Waals surface area contributed by atoms with E-state index in [1.54, 1.807) is 0 Å². The molecule has 46 valence electrons. The summed E-state index contributed by atoms with van der Waals surface area (Å²) in [5.74, 6) is 0. The van der Waals surface area contributed by atoms with Crippen LogP contribution in [0.1, 0.15) is 27.7 Å². The molecule has 0 aromatic carbocycles. The third-order valence-corrected chi connectivity index (χ3v) is 1.49. The van der Waals surface area contributed by atoms with Crippen LogP contribution >= 0.6 is 0 Å². The van der Waals surface area contributed by atoms with Crippen molar-refractivity contribution in [1.29, 1.82) is 0 Å². The van der Waals surface area contributed by atoms with E-state index >= 15 is 0 Å². The maximum absolute atomic E-state index is 2.12. The zero-order chi connectivity index (χ0) is 6.57. The molecule has 0 aliphatic heterocycles. The highest BCUT2D eigenvalue weighted by Crippen LogP contribution is 2.05. The molecular formula is C8H14. The molecule has 0 atom stereocenters. The lowest BCUT2D eigenvalue weighted by Gasteiger charge is -1.95. The molecule has 0 radical (unpaired) electrons. The second kappa shape index (κ2) is 3.48. The molecule has 0 heterocycles. The van der Waals surface area contributed by atoms with Gasteiger partial charge in [-0.2, -0.15) is 0 Å². The van der Waals surface area contributed by atoms with Gasteiger partial charge < -0.3 is 0 Å². The predicted molar refractivity (Wildman–Crippen MR) is 38.9 cm³/mol. The summed E-state index contributed by atoms with van der Waals surface area (Å²) in [6.45, 7) is 8.36. The second-order valence-corrected chi connectivity index (χ2v) is 1.94. The first-order valence-electron chi connectivity index (χ1n) is 2.98. The molecule has 0 aromatic rings. The van der Waals surface area contributed by atoms with Gasteiger partial charge in [-0.25, -0.2) is 0 Å². The van der Waals surface area contributed by atoms with Crippen LogP contribution in [-0.2, 0) is 0 Å². The maximum atomic E-state index is 2.12. The van der Waals surface area contributed by atoms with Gasteiger partial charge in [0.1, 0.15) is 0 Å². The maximum Gasteiger partial charge on any atom is -0.0399 e. The molecule has 0 bridgehead atoms. The molecular weight excluding hydrogens is 96.1 g/mol. The van der Waals surface area contributed by atoms with Crippen molar-refractivity contribution in [3.8, 4) is 0 Å². The van der Waals surface area contributed by atoms with E-state index < -0.39 is 0 Å². The van der Waals surface area contributed by atoms with Gasteiger partial charge in [0.25, 0.3) is 0 Å². The van der Waals surface area contributed by atoms with Crippen LogP contribution in [0.4, 0.5) is 0 Å². The van der Waals surface area contributed by atoms with E-state index in [9.17, 15) is 0 Å². The van der Waals surface area contributed by atoms with Crippen molar-refractivity contribution in [1.82, 2.24) is 0 Å². The number of hydrogen-bond acceptors (Lipinski definition) is 0. The van der Waals surface area contributed by atoms with Crippen molar-refractivity contribution in [3.63, 3.8) is 0 Å². The van der Waals surface area contributed by atoms with Crippen molar-refractivity contribution in [2.45, 2.75) is 27.7 Å². The summed E-state index contributed by atoms with van der Waals surface area (Å²) < 4.78 is 0. The fourth-order valence-corrected chi connectivity index (χ4v) is 0.455. The summed E-state index contributed by atoms with van der Waals surface area (Å²) >= 11 is 0. The third kappa shape index (κ3) is 1.97. The van der Waals surface area contributed by atoms with E-state index in [0.717, 1.165) is 0 Å². The van der Waals surface area contributed by atoms with E-state index in [-0.39, 0.29) is 0 Å². The van der Waals surface area contributed by atoms with E-state index in [0.29, 0.717) is 0 Å². The minimum atomic E-state index is 1.37. The van der Waals surface area contributed by atoms with Crippen LogP contribution in [0.2, 0.25) is 0 Å². The lowest BCUT2D eigenvalue weighted by molar-refractivity contribution is 1.31. The van der Waals surface area contributed by atoms with Crippen LogP contribution in [0.5, 0.6) is 0 Å². The number of hydrogen-bond donors (Lipinski definition) is 0. The Kier molecular flexibility index (Phi) is 3.25. The third-order valence-electron chi connectivity index (χ3n) is 1.49. The summed E-state index contributed by atoms with van der Waals surface area (Å²) in [5.41, 5.74) is 2.74. The van der Waals surface area contributed by atoms with Crippen molar-refractivity contribution in [2.24, 2.45) is 0 Å². The molecule has 0 fully saturated rings. The monoisotopic (exact) mass is 110 g/mol.